The molecule has 0 amide bonds. The van der Waals surface area contributed by atoms with Crippen LogP contribution in [0.4, 0.5) is 0 Å². The van der Waals surface area contributed by atoms with Crippen molar-refractivity contribution in [1.82, 2.24) is 5.32 Å². The van der Waals surface area contributed by atoms with E-state index < -0.39 is 5.97 Å². The molecule has 0 aliphatic carbocycles. The van der Waals surface area contributed by atoms with Crippen molar-refractivity contribution >= 4 is 21.9 Å². The van der Waals surface area contributed by atoms with Crippen LogP contribution in [-0.4, -0.2) is 27.2 Å². The molecule has 5 nitrogen and oxygen atoms in total. The molecule has 21 heavy (non-hydrogen) atoms. The lowest BCUT2D eigenvalue weighted by molar-refractivity contribution is 0.0562. The van der Waals surface area contributed by atoms with Gasteiger partial charge in [-0.05, 0) is 31.3 Å². The van der Waals surface area contributed by atoms with Gasteiger partial charge in [0.15, 0.2) is 0 Å². The Kier molecular flexibility index (Phi) is 5.03. The number of ether oxygens (including phenoxy) is 2. The van der Waals surface area contributed by atoms with Crippen molar-refractivity contribution in [1.29, 1.82) is 0 Å². The van der Waals surface area contributed by atoms with Crippen LogP contribution in [0.15, 0.2) is 39.2 Å². The maximum atomic E-state index is 11.5. The number of rotatable bonds is 5. The lowest BCUT2D eigenvalue weighted by atomic mass is 10.0. The predicted octanol–water partition coefficient (Wildman–Crippen LogP) is 3.15. The van der Waals surface area contributed by atoms with E-state index in [4.69, 9.17) is 9.15 Å². The van der Waals surface area contributed by atoms with Gasteiger partial charge in [-0.2, -0.15) is 0 Å². The number of benzene rings is 1. The highest BCUT2D eigenvalue weighted by Gasteiger charge is 2.22. The van der Waals surface area contributed by atoms with E-state index >= 15 is 0 Å². The third kappa shape index (κ3) is 3.28. The summed E-state index contributed by atoms with van der Waals surface area (Å²) < 4.78 is 16.5. The van der Waals surface area contributed by atoms with Crippen LogP contribution < -0.4 is 10.1 Å². The summed E-state index contributed by atoms with van der Waals surface area (Å²) in [6.07, 6.45) is 0. The maximum Gasteiger partial charge on any atom is 0.373 e. The van der Waals surface area contributed by atoms with Crippen molar-refractivity contribution in [3.05, 3.63) is 51.9 Å². The Morgan fingerprint density at radius 1 is 1.29 bits per heavy atom. The van der Waals surface area contributed by atoms with Crippen LogP contribution in [0, 0.1) is 0 Å². The van der Waals surface area contributed by atoms with Crippen LogP contribution in [0.1, 0.15) is 27.9 Å². The fraction of sp³-hybridized carbons (Fsp3) is 0.267. The summed E-state index contributed by atoms with van der Waals surface area (Å²) in [7, 11) is 4.74. The van der Waals surface area contributed by atoms with Crippen LogP contribution in [-0.2, 0) is 4.74 Å². The summed E-state index contributed by atoms with van der Waals surface area (Å²) in [6, 6.07) is 8.85. The molecule has 1 N–H and O–H groups in total. The van der Waals surface area contributed by atoms with Gasteiger partial charge in [0.25, 0.3) is 0 Å². The van der Waals surface area contributed by atoms with Gasteiger partial charge in [0.05, 0.1) is 20.3 Å². The van der Waals surface area contributed by atoms with E-state index in [0.717, 1.165) is 15.8 Å². The van der Waals surface area contributed by atoms with Gasteiger partial charge in [0.2, 0.25) is 5.76 Å². The minimum Gasteiger partial charge on any atom is -0.496 e. The molecule has 0 saturated heterocycles. The highest BCUT2D eigenvalue weighted by molar-refractivity contribution is 9.10. The van der Waals surface area contributed by atoms with Crippen LogP contribution in [0.2, 0.25) is 0 Å². The van der Waals surface area contributed by atoms with Gasteiger partial charge in [-0.3, -0.25) is 0 Å². The number of methoxy groups -OCH3 is 2. The molecule has 112 valence electrons. The summed E-state index contributed by atoms with van der Waals surface area (Å²) in [5.74, 6) is 1.00. The molecule has 1 heterocycles. The molecule has 0 fully saturated rings. The molecule has 0 spiro atoms. The zero-order valence-electron chi connectivity index (χ0n) is 12.0. The highest BCUT2D eigenvalue weighted by Crippen LogP contribution is 2.33. The summed E-state index contributed by atoms with van der Waals surface area (Å²) >= 11 is 3.41. The van der Waals surface area contributed by atoms with Crippen molar-refractivity contribution in [3.8, 4) is 5.75 Å². The minimum absolute atomic E-state index is 0.170. The first-order chi connectivity index (χ1) is 10.1. The van der Waals surface area contributed by atoms with Crippen LogP contribution in [0.5, 0.6) is 5.75 Å². The lowest BCUT2D eigenvalue weighted by Gasteiger charge is -2.17. The number of hydrogen-bond acceptors (Lipinski definition) is 5. The topological polar surface area (TPSA) is 60.7 Å². The third-order valence-electron chi connectivity index (χ3n) is 3.09. The van der Waals surface area contributed by atoms with Crippen LogP contribution in [0.25, 0.3) is 0 Å². The SMILES string of the molecule is CNC(c1ccc(C(=O)OC)o1)c1ccc(Br)cc1OC. The van der Waals surface area contributed by atoms with Gasteiger partial charge in [-0.1, -0.05) is 22.0 Å². The first-order valence-electron chi connectivity index (χ1n) is 6.29. The number of carbonyl (C=O) groups is 1. The first-order valence-corrected chi connectivity index (χ1v) is 7.08. The van der Waals surface area contributed by atoms with E-state index in [1.165, 1.54) is 7.11 Å². The molecule has 1 aromatic carbocycles. The Labute approximate surface area is 131 Å². The Morgan fingerprint density at radius 3 is 2.67 bits per heavy atom. The molecule has 1 atom stereocenters. The molecule has 0 bridgehead atoms. The van der Waals surface area contributed by atoms with Gasteiger partial charge >= 0.3 is 5.97 Å². The zero-order valence-corrected chi connectivity index (χ0v) is 13.6. The number of esters is 1. The smallest absolute Gasteiger partial charge is 0.373 e. The Morgan fingerprint density at radius 2 is 2.05 bits per heavy atom. The molecular weight excluding hydrogens is 338 g/mol. The van der Waals surface area contributed by atoms with E-state index in [-0.39, 0.29) is 11.8 Å². The number of carbonyl (C=O) groups excluding carboxylic acids is 1. The van der Waals surface area contributed by atoms with E-state index in [9.17, 15) is 4.79 Å². The van der Waals surface area contributed by atoms with Gasteiger partial charge in [0, 0.05) is 10.0 Å². The van der Waals surface area contributed by atoms with Crippen molar-refractivity contribution in [2.45, 2.75) is 6.04 Å². The lowest BCUT2D eigenvalue weighted by Crippen LogP contribution is -2.18. The highest BCUT2D eigenvalue weighted by atomic mass is 79.9. The van der Waals surface area contributed by atoms with Gasteiger partial charge in [-0.25, -0.2) is 4.79 Å². The Bertz CT molecular complexity index is 638. The second kappa shape index (κ2) is 6.78. The normalized spacial score (nSPS) is 12.0. The molecule has 1 unspecified atom stereocenters. The molecule has 0 saturated carbocycles. The number of halogens is 1. The van der Waals surface area contributed by atoms with E-state index in [2.05, 4.69) is 26.0 Å². The standard InChI is InChI=1S/C15H16BrNO4/c1-17-14(10-5-4-9(16)8-13(10)19-2)11-6-7-12(21-11)15(18)20-3/h4-8,14,17H,1-3H3. The van der Waals surface area contributed by atoms with E-state index in [0.29, 0.717) is 5.76 Å². The maximum absolute atomic E-state index is 11.5. The molecule has 2 rings (SSSR count). The fourth-order valence-electron chi connectivity index (χ4n) is 2.09. The van der Waals surface area contributed by atoms with Crippen molar-refractivity contribution in [2.75, 3.05) is 21.3 Å². The molecule has 6 heteroatoms. The van der Waals surface area contributed by atoms with Crippen LogP contribution in [0.3, 0.4) is 0 Å². The van der Waals surface area contributed by atoms with Gasteiger partial charge < -0.3 is 19.2 Å². The second-order valence-electron chi connectivity index (χ2n) is 4.30. The van der Waals surface area contributed by atoms with E-state index in [1.807, 2.05) is 25.2 Å². The Balaban J connectivity index is 2.40. The van der Waals surface area contributed by atoms with Crippen molar-refractivity contribution < 1.29 is 18.7 Å². The summed E-state index contributed by atoms with van der Waals surface area (Å²) in [5, 5.41) is 3.16. The van der Waals surface area contributed by atoms with E-state index in [1.54, 1.807) is 19.2 Å². The molecule has 2 aromatic rings. The quantitative estimate of drug-likeness (QED) is 0.836. The monoisotopic (exact) mass is 353 g/mol. The van der Waals surface area contributed by atoms with Crippen molar-refractivity contribution in [3.63, 3.8) is 0 Å². The molecule has 0 aliphatic rings. The molecule has 0 aliphatic heterocycles. The molecular formula is C15H16BrNO4. The summed E-state index contributed by atoms with van der Waals surface area (Å²) in [5.41, 5.74) is 0.911. The van der Waals surface area contributed by atoms with Crippen molar-refractivity contribution in [2.24, 2.45) is 0 Å². The third-order valence-corrected chi connectivity index (χ3v) is 3.59. The predicted molar refractivity (Wildman–Crippen MR) is 81.6 cm³/mol. The summed E-state index contributed by atoms with van der Waals surface area (Å²) in [6.45, 7) is 0. The molecule has 1 aromatic heterocycles. The Hall–Kier alpha value is -1.79. The number of hydrogen-bond donors (Lipinski definition) is 1. The molecule has 0 radical (unpaired) electrons. The largest absolute Gasteiger partial charge is 0.496 e. The minimum atomic E-state index is -0.501. The average molecular weight is 354 g/mol. The summed E-state index contributed by atoms with van der Waals surface area (Å²) in [4.78, 5) is 11.5. The number of furan rings is 1. The van der Waals surface area contributed by atoms with Gasteiger partial charge in [0.1, 0.15) is 11.5 Å². The second-order valence-corrected chi connectivity index (χ2v) is 5.22. The first kappa shape index (κ1) is 15.6. The fourth-order valence-corrected chi connectivity index (χ4v) is 2.43. The average Bonchev–Trinajstić information content (AvgIpc) is 2.98. The van der Waals surface area contributed by atoms with Crippen LogP contribution >= 0.6 is 15.9 Å². The van der Waals surface area contributed by atoms with Gasteiger partial charge in [-0.15, -0.1) is 0 Å². The number of nitrogens with one attached hydrogen (secondary N) is 1. The zero-order chi connectivity index (χ0) is 15.4.